The highest BCUT2D eigenvalue weighted by Crippen LogP contribution is 2.28. The van der Waals surface area contributed by atoms with E-state index in [0.29, 0.717) is 19.1 Å². The molecule has 2 nitrogen and oxygen atoms in total. The minimum absolute atomic E-state index is 0.507. The van der Waals surface area contributed by atoms with Crippen LogP contribution < -0.4 is 9.47 Å². The van der Waals surface area contributed by atoms with Crippen LogP contribution in [-0.2, 0) is 0 Å². The molecule has 1 atom stereocenters. The average Bonchev–Trinajstić information content (AvgIpc) is 2.51. The van der Waals surface area contributed by atoms with Crippen LogP contribution in [0.2, 0.25) is 0 Å². The average molecular weight is 349 g/mol. The van der Waals surface area contributed by atoms with Crippen LogP contribution in [0.25, 0.3) is 0 Å². The molecular formula is C18H21BrO2. The fourth-order valence-corrected chi connectivity index (χ4v) is 2.49. The van der Waals surface area contributed by atoms with Gasteiger partial charge in [0.15, 0.2) is 0 Å². The summed E-state index contributed by atoms with van der Waals surface area (Å²) in [5.74, 6) is 2.32. The fraction of sp³-hybridized carbons (Fsp3) is 0.333. The maximum Gasteiger partial charge on any atom is 0.122 e. The van der Waals surface area contributed by atoms with Gasteiger partial charge >= 0.3 is 0 Å². The Bertz CT molecular complexity index is 569. The lowest BCUT2D eigenvalue weighted by atomic mass is 9.98. The van der Waals surface area contributed by atoms with E-state index < -0.39 is 0 Å². The van der Waals surface area contributed by atoms with Gasteiger partial charge in [-0.25, -0.2) is 0 Å². The van der Waals surface area contributed by atoms with Gasteiger partial charge < -0.3 is 9.47 Å². The van der Waals surface area contributed by atoms with Crippen molar-refractivity contribution >= 4 is 15.9 Å². The van der Waals surface area contributed by atoms with Crippen molar-refractivity contribution in [3.8, 4) is 11.5 Å². The van der Waals surface area contributed by atoms with Crippen LogP contribution in [0.4, 0.5) is 0 Å². The Labute approximate surface area is 135 Å². The van der Waals surface area contributed by atoms with E-state index in [2.05, 4.69) is 41.9 Å². The molecule has 3 heteroatoms. The summed E-state index contributed by atoms with van der Waals surface area (Å²) >= 11 is 3.43. The van der Waals surface area contributed by atoms with Gasteiger partial charge in [-0.3, -0.25) is 0 Å². The van der Waals surface area contributed by atoms with Crippen LogP contribution >= 0.6 is 15.9 Å². The summed E-state index contributed by atoms with van der Waals surface area (Å²) in [7, 11) is 0. The maximum atomic E-state index is 5.88. The molecule has 0 amide bonds. The van der Waals surface area contributed by atoms with E-state index in [9.17, 15) is 0 Å². The predicted molar refractivity (Wildman–Crippen MR) is 90.3 cm³/mol. The standard InChI is InChI=1S/C18H21BrO2/c1-3-14(2)17-9-4-5-10-18(17)21-12-11-20-16-8-6-7-15(19)13-16/h4-10,13-14H,3,11-12H2,1-2H3. The van der Waals surface area contributed by atoms with Crippen molar-refractivity contribution in [3.63, 3.8) is 0 Å². The van der Waals surface area contributed by atoms with Gasteiger partial charge in [-0.05, 0) is 42.2 Å². The molecule has 0 aliphatic rings. The molecule has 1 unspecified atom stereocenters. The molecule has 112 valence electrons. The maximum absolute atomic E-state index is 5.88. The Hall–Kier alpha value is -1.48. The molecule has 0 N–H and O–H groups in total. The van der Waals surface area contributed by atoms with E-state index in [1.165, 1.54) is 5.56 Å². The van der Waals surface area contributed by atoms with Crippen molar-refractivity contribution in [2.24, 2.45) is 0 Å². The van der Waals surface area contributed by atoms with Gasteiger partial charge in [-0.2, -0.15) is 0 Å². The van der Waals surface area contributed by atoms with E-state index in [0.717, 1.165) is 22.4 Å². The van der Waals surface area contributed by atoms with E-state index in [1.54, 1.807) is 0 Å². The van der Waals surface area contributed by atoms with Crippen LogP contribution in [0.3, 0.4) is 0 Å². The highest BCUT2D eigenvalue weighted by molar-refractivity contribution is 9.10. The topological polar surface area (TPSA) is 18.5 Å². The van der Waals surface area contributed by atoms with Gasteiger partial charge in [0.05, 0.1) is 0 Å². The third kappa shape index (κ3) is 4.78. The molecule has 0 saturated carbocycles. The number of para-hydroxylation sites is 1. The van der Waals surface area contributed by atoms with E-state index in [1.807, 2.05) is 36.4 Å². The van der Waals surface area contributed by atoms with Crippen LogP contribution in [0.15, 0.2) is 53.0 Å². The highest BCUT2D eigenvalue weighted by Gasteiger charge is 2.09. The van der Waals surface area contributed by atoms with Crippen molar-refractivity contribution in [1.29, 1.82) is 0 Å². The summed E-state index contributed by atoms with van der Waals surface area (Å²) in [5.41, 5.74) is 1.27. The largest absolute Gasteiger partial charge is 0.490 e. The Morgan fingerprint density at radius 2 is 1.76 bits per heavy atom. The van der Waals surface area contributed by atoms with Crippen LogP contribution in [0, 0.1) is 0 Å². The summed E-state index contributed by atoms with van der Waals surface area (Å²) in [6.45, 7) is 5.49. The predicted octanol–water partition coefficient (Wildman–Crippen LogP) is 5.42. The van der Waals surface area contributed by atoms with Gasteiger partial charge in [0, 0.05) is 4.47 Å². The summed E-state index contributed by atoms with van der Waals surface area (Å²) in [4.78, 5) is 0. The molecule has 0 aliphatic heterocycles. The Morgan fingerprint density at radius 3 is 2.52 bits per heavy atom. The number of ether oxygens (including phenoxy) is 2. The second kappa shape index (κ2) is 8.08. The molecule has 0 spiro atoms. The summed E-state index contributed by atoms with van der Waals surface area (Å²) in [5, 5.41) is 0. The lowest BCUT2D eigenvalue weighted by Crippen LogP contribution is -2.10. The fourth-order valence-electron chi connectivity index (χ4n) is 2.11. The van der Waals surface area contributed by atoms with Gasteiger partial charge in [0.1, 0.15) is 24.7 Å². The molecule has 2 aromatic carbocycles. The minimum atomic E-state index is 0.507. The van der Waals surface area contributed by atoms with Crippen LogP contribution in [-0.4, -0.2) is 13.2 Å². The molecule has 2 rings (SSSR count). The van der Waals surface area contributed by atoms with Gasteiger partial charge in [-0.1, -0.05) is 54.0 Å². The molecule has 0 aromatic heterocycles. The van der Waals surface area contributed by atoms with Gasteiger partial charge in [0.25, 0.3) is 0 Å². The van der Waals surface area contributed by atoms with Crippen LogP contribution in [0.1, 0.15) is 31.7 Å². The van der Waals surface area contributed by atoms with Crippen molar-refractivity contribution in [2.75, 3.05) is 13.2 Å². The minimum Gasteiger partial charge on any atom is -0.490 e. The number of hydrogen-bond donors (Lipinski definition) is 0. The summed E-state index contributed by atoms with van der Waals surface area (Å²) in [6.07, 6.45) is 1.11. The normalized spacial score (nSPS) is 12.0. The smallest absolute Gasteiger partial charge is 0.122 e. The number of benzene rings is 2. The van der Waals surface area contributed by atoms with Crippen LogP contribution in [0.5, 0.6) is 11.5 Å². The molecule has 0 radical (unpaired) electrons. The Kier molecular flexibility index (Phi) is 6.12. The second-order valence-electron chi connectivity index (χ2n) is 5.00. The van der Waals surface area contributed by atoms with Crippen molar-refractivity contribution in [3.05, 3.63) is 58.6 Å². The number of rotatable bonds is 7. The third-order valence-electron chi connectivity index (χ3n) is 3.47. The molecule has 2 aromatic rings. The van der Waals surface area contributed by atoms with Crippen molar-refractivity contribution in [2.45, 2.75) is 26.2 Å². The lowest BCUT2D eigenvalue weighted by molar-refractivity contribution is 0.215. The zero-order valence-electron chi connectivity index (χ0n) is 12.5. The SMILES string of the molecule is CCC(C)c1ccccc1OCCOc1cccc(Br)c1. The molecule has 21 heavy (non-hydrogen) atoms. The van der Waals surface area contributed by atoms with E-state index >= 15 is 0 Å². The highest BCUT2D eigenvalue weighted by atomic mass is 79.9. The first kappa shape index (κ1) is 15.9. The second-order valence-corrected chi connectivity index (χ2v) is 5.92. The first-order valence-corrected chi connectivity index (χ1v) is 8.10. The molecule has 0 saturated heterocycles. The first-order valence-electron chi connectivity index (χ1n) is 7.30. The molecule has 0 fully saturated rings. The summed E-state index contributed by atoms with van der Waals surface area (Å²) in [6, 6.07) is 16.1. The number of hydrogen-bond acceptors (Lipinski definition) is 2. The molecule has 0 bridgehead atoms. The van der Waals surface area contributed by atoms with E-state index in [-0.39, 0.29) is 0 Å². The molecule has 0 heterocycles. The van der Waals surface area contributed by atoms with E-state index in [4.69, 9.17) is 9.47 Å². The van der Waals surface area contributed by atoms with Crippen molar-refractivity contribution in [1.82, 2.24) is 0 Å². The van der Waals surface area contributed by atoms with Gasteiger partial charge in [-0.15, -0.1) is 0 Å². The zero-order chi connectivity index (χ0) is 15.1. The quantitative estimate of drug-likeness (QED) is 0.622. The first-order chi connectivity index (χ1) is 10.2. The Morgan fingerprint density at radius 1 is 1.00 bits per heavy atom. The van der Waals surface area contributed by atoms with Crippen molar-refractivity contribution < 1.29 is 9.47 Å². The third-order valence-corrected chi connectivity index (χ3v) is 3.96. The molecular weight excluding hydrogens is 328 g/mol. The monoisotopic (exact) mass is 348 g/mol. The molecule has 0 aliphatic carbocycles. The Balaban J connectivity index is 1.86. The van der Waals surface area contributed by atoms with Gasteiger partial charge in [0.2, 0.25) is 0 Å². The summed E-state index contributed by atoms with van der Waals surface area (Å²) < 4.78 is 12.6. The number of halogens is 1. The lowest BCUT2D eigenvalue weighted by Gasteiger charge is -2.15. The zero-order valence-corrected chi connectivity index (χ0v) is 14.1.